The quantitative estimate of drug-likeness (QED) is 0.615. The number of carbonyl (C=O) groups is 1. The van der Waals surface area contributed by atoms with Crippen LogP contribution in [0.2, 0.25) is 0 Å². The molecule has 0 aromatic rings. The summed E-state index contributed by atoms with van der Waals surface area (Å²) in [5.41, 5.74) is 0. The second-order valence-electron chi connectivity index (χ2n) is 2.59. The molecule has 0 saturated heterocycles. The predicted octanol–water partition coefficient (Wildman–Crippen LogP) is 2.40. The van der Waals surface area contributed by atoms with E-state index in [1.807, 2.05) is 6.92 Å². The summed E-state index contributed by atoms with van der Waals surface area (Å²) >= 11 is 0. The van der Waals surface area contributed by atoms with Gasteiger partial charge in [-0.1, -0.05) is 26.7 Å². The average Bonchev–Trinajstić information content (AvgIpc) is 1.89. The SMILES string of the molecule is CCCCC(CC)C(=O)O.P.P.[Ni]. The van der Waals surface area contributed by atoms with Crippen LogP contribution in [-0.2, 0) is 21.3 Å². The third-order valence-corrected chi connectivity index (χ3v) is 1.75. The Morgan fingerprint density at radius 1 is 1.31 bits per heavy atom. The van der Waals surface area contributed by atoms with Crippen molar-refractivity contribution in [3.8, 4) is 0 Å². The molecule has 13 heavy (non-hydrogen) atoms. The summed E-state index contributed by atoms with van der Waals surface area (Å²) in [5.74, 6) is -0.754. The molecule has 0 heterocycles. The molecule has 0 aromatic heterocycles. The standard InChI is InChI=1S/C8H16O2.Ni.2H3P/c1-3-5-6-7(4-2)8(9)10;;;/h7H,3-6H2,1-2H3,(H,9,10);;2*1H3. The Balaban J connectivity index is -0.000000135. The van der Waals surface area contributed by atoms with E-state index in [2.05, 4.69) is 6.92 Å². The zero-order chi connectivity index (χ0) is 7.98. The molecule has 0 aromatic carbocycles. The molecule has 0 radical (unpaired) electrons. The Bertz CT molecular complexity index is 112. The van der Waals surface area contributed by atoms with Gasteiger partial charge in [0.05, 0.1) is 5.92 Å². The maximum atomic E-state index is 10.4. The summed E-state index contributed by atoms with van der Waals surface area (Å²) in [6, 6.07) is 0. The van der Waals surface area contributed by atoms with Crippen molar-refractivity contribution in [2.24, 2.45) is 5.92 Å². The first kappa shape index (κ1) is 23.6. The van der Waals surface area contributed by atoms with Gasteiger partial charge in [-0.2, -0.15) is 19.8 Å². The van der Waals surface area contributed by atoms with Crippen LogP contribution in [0.4, 0.5) is 0 Å². The number of hydrogen-bond donors (Lipinski definition) is 1. The smallest absolute Gasteiger partial charge is 0.306 e. The normalized spacial score (nSPS) is 10.0. The third-order valence-electron chi connectivity index (χ3n) is 1.75. The van der Waals surface area contributed by atoms with Gasteiger partial charge in [-0.25, -0.2) is 0 Å². The maximum absolute atomic E-state index is 10.4. The van der Waals surface area contributed by atoms with Crippen LogP contribution < -0.4 is 0 Å². The Morgan fingerprint density at radius 2 is 1.77 bits per heavy atom. The van der Waals surface area contributed by atoms with Crippen LogP contribution >= 0.6 is 19.8 Å². The fourth-order valence-electron chi connectivity index (χ4n) is 0.953. The van der Waals surface area contributed by atoms with Crippen molar-refractivity contribution >= 4 is 25.8 Å². The number of hydrogen-bond acceptors (Lipinski definition) is 1. The Morgan fingerprint density at radius 3 is 2.00 bits per heavy atom. The molecule has 86 valence electrons. The number of carboxylic acid groups (broad SMARTS) is 1. The van der Waals surface area contributed by atoms with Crippen molar-refractivity contribution in [2.45, 2.75) is 39.5 Å². The second kappa shape index (κ2) is 15.3. The first-order valence-electron chi connectivity index (χ1n) is 3.95. The molecule has 0 fully saturated rings. The minimum absolute atomic E-state index is 0. The molecule has 0 saturated carbocycles. The molecule has 0 aliphatic heterocycles. The zero-order valence-corrected chi connectivity index (χ0v) is 12.3. The van der Waals surface area contributed by atoms with Crippen LogP contribution in [-0.4, -0.2) is 11.1 Å². The van der Waals surface area contributed by atoms with E-state index in [1.165, 1.54) is 0 Å². The molecule has 1 N–H and O–H groups in total. The summed E-state index contributed by atoms with van der Waals surface area (Å²) < 4.78 is 0. The molecule has 5 heteroatoms. The van der Waals surface area contributed by atoms with Crippen molar-refractivity contribution in [1.29, 1.82) is 0 Å². The van der Waals surface area contributed by atoms with Crippen molar-refractivity contribution in [2.75, 3.05) is 0 Å². The van der Waals surface area contributed by atoms with Gasteiger partial charge in [0.2, 0.25) is 0 Å². The largest absolute Gasteiger partial charge is 0.481 e. The van der Waals surface area contributed by atoms with Crippen molar-refractivity contribution in [3.05, 3.63) is 0 Å². The number of unbranched alkanes of at least 4 members (excludes halogenated alkanes) is 1. The molecule has 0 spiro atoms. The predicted molar refractivity (Wildman–Crippen MR) is 63.2 cm³/mol. The second-order valence-corrected chi connectivity index (χ2v) is 2.59. The number of aliphatic carboxylic acids is 1. The van der Waals surface area contributed by atoms with Gasteiger partial charge in [0, 0.05) is 16.5 Å². The van der Waals surface area contributed by atoms with Gasteiger partial charge >= 0.3 is 5.97 Å². The molecule has 0 aliphatic carbocycles. The van der Waals surface area contributed by atoms with E-state index in [4.69, 9.17) is 5.11 Å². The zero-order valence-electron chi connectivity index (χ0n) is 8.49. The van der Waals surface area contributed by atoms with E-state index in [0.717, 1.165) is 25.7 Å². The van der Waals surface area contributed by atoms with E-state index < -0.39 is 5.97 Å². The Kier molecular flexibility index (Phi) is 27.7. The van der Waals surface area contributed by atoms with Crippen molar-refractivity contribution in [1.82, 2.24) is 0 Å². The van der Waals surface area contributed by atoms with E-state index in [1.54, 1.807) is 0 Å². The van der Waals surface area contributed by atoms with Crippen molar-refractivity contribution < 1.29 is 26.4 Å². The third kappa shape index (κ3) is 12.8. The van der Waals surface area contributed by atoms with Gasteiger partial charge < -0.3 is 5.11 Å². The van der Waals surface area contributed by atoms with Crippen LogP contribution in [0.1, 0.15) is 39.5 Å². The summed E-state index contributed by atoms with van der Waals surface area (Å²) in [4.78, 5) is 10.4. The van der Waals surface area contributed by atoms with Gasteiger partial charge in [-0.15, -0.1) is 0 Å². The molecule has 3 atom stereocenters. The van der Waals surface area contributed by atoms with Crippen LogP contribution in [0.3, 0.4) is 0 Å². The number of carboxylic acids is 1. The van der Waals surface area contributed by atoms with E-state index in [0.29, 0.717) is 0 Å². The molecule has 0 aliphatic rings. The summed E-state index contributed by atoms with van der Waals surface area (Å²) in [6.45, 7) is 4.00. The molecular formula is C8H22NiO2P2. The van der Waals surface area contributed by atoms with Gasteiger partial charge in [0.15, 0.2) is 0 Å². The Labute approximate surface area is 97.8 Å². The van der Waals surface area contributed by atoms with Crippen LogP contribution in [0.5, 0.6) is 0 Å². The molecule has 0 bridgehead atoms. The molecular weight excluding hydrogens is 249 g/mol. The van der Waals surface area contributed by atoms with Crippen LogP contribution in [0.15, 0.2) is 0 Å². The van der Waals surface area contributed by atoms with Crippen molar-refractivity contribution in [3.63, 3.8) is 0 Å². The maximum Gasteiger partial charge on any atom is 0.306 e. The van der Waals surface area contributed by atoms with E-state index in [-0.39, 0.29) is 42.2 Å². The average molecular weight is 271 g/mol. The fraction of sp³-hybridized carbons (Fsp3) is 0.875. The fourth-order valence-corrected chi connectivity index (χ4v) is 0.953. The topological polar surface area (TPSA) is 37.3 Å². The first-order valence-corrected chi connectivity index (χ1v) is 3.95. The van der Waals surface area contributed by atoms with Gasteiger partial charge in [-0.3, -0.25) is 4.79 Å². The first-order chi connectivity index (χ1) is 4.72. The van der Waals surface area contributed by atoms with E-state index in [9.17, 15) is 4.79 Å². The molecule has 2 nitrogen and oxygen atoms in total. The minimum atomic E-state index is -0.643. The minimum Gasteiger partial charge on any atom is -0.481 e. The van der Waals surface area contributed by atoms with Gasteiger partial charge in [0.1, 0.15) is 0 Å². The van der Waals surface area contributed by atoms with Gasteiger partial charge in [-0.05, 0) is 12.8 Å². The van der Waals surface area contributed by atoms with Crippen LogP contribution in [0, 0.1) is 5.92 Å². The molecule has 0 amide bonds. The number of rotatable bonds is 5. The summed E-state index contributed by atoms with van der Waals surface area (Å²) in [5, 5.41) is 8.60. The van der Waals surface area contributed by atoms with E-state index >= 15 is 0 Å². The Hall–Kier alpha value is 0.824. The molecule has 3 unspecified atom stereocenters. The molecule has 0 rings (SSSR count). The summed E-state index contributed by atoms with van der Waals surface area (Å²) in [6.07, 6.45) is 3.71. The monoisotopic (exact) mass is 270 g/mol. The van der Waals surface area contributed by atoms with Crippen LogP contribution in [0.25, 0.3) is 0 Å². The summed E-state index contributed by atoms with van der Waals surface area (Å²) in [7, 11) is 0. The van der Waals surface area contributed by atoms with Gasteiger partial charge in [0.25, 0.3) is 0 Å².